The molecule has 0 aliphatic carbocycles. The lowest BCUT2D eigenvalue weighted by molar-refractivity contribution is 0.415. The van der Waals surface area contributed by atoms with Crippen LogP contribution < -0.4 is 4.74 Å². The zero-order valence-corrected chi connectivity index (χ0v) is 13.2. The molecule has 1 aromatic heterocycles. The molecule has 0 atom stereocenters. The third-order valence-corrected chi connectivity index (χ3v) is 3.18. The summed E-state index contributed by atoms with van der Waals surface area (Å²) in [6.07, 6.45) is 2.11. The number of hydrogen-bond acceptors (Lipinski definition) is 2. The molecule has 0 unspecified atom stereocenters. The minimum atomic E-state index is 0. The van der Waals surface area contributed by atoms with E-state index in [0.717, 1.165) is 39.7 Å². The van der Waals surface area contributed by atoms with Crippen molar-refractivity contribution in [2.45, 2.75) is 19.8 Å². The van der Waals surface area contributed by atoms with Crippen molar-refractivity contribution in [1.82, 2.24) is 4.98 Å². The summed E-state index contributed by atoms with van der Waals surface area (Å²) < 4.78 is 6.31. The molecule has 0 amide bonds. The van der Waals surface area contributed by atoms with Gasteiger partial charge in [-0.2, -0.15) is 0 Å². The van der Waals surface area contributed by atoms with Crippen LogP contribution in [0.3, 0.4) is 0 Å². The Kier molecular flexibility index (Phi) is 5.40. The van der Waals surface area contributed by atoms with Crippen LogP contribution >= 0.6 is 32.9 Å². The minimum absolute atomic E-state index is 0. The molecule has 0 saturated heterocycles. The van der Waals surface area contributed by atoms with E-state index in [1.54, 1.807) is 7.11 Å². The molecular weight excluding hydrogens is 346 g/mol. The molecule has 0 fully saturated rings. The Balaban J connectivity index is 0.00000144. The van der Waals surface area contributed by atoms with Crippen LogP contribution in [0.1, 0.15) is 19.0 Å². The van der Waals surface area contributed by atoms with Crippen LogP contribution in [-0.2, 0) is 6.42 Å². The first-order valence-electron chi connectivity index (χ1n) is 5.37. The number of aryl methyl sites for hydroxylation is 1. The first kappa shape index (κ1) is 14.5. The summed E-state index contributed by atoms with van der Waals surface area (Å²) in [6, 6.07) is 8.05. The molecular formula is C13H15Br2NO. The van der Waals surface area contributed by atoms with Gasteiger partial charge in [0.1, 0.15) is 5.75 Å². The first-order valence-corrected chi connectivity index (χ1v) is 6.17. The van der Waals surface area contributed by atoms with Crippen molar-refractivity contribution in [3.63, 3.8) is 0 Å². The lowest BCUT2D eigenvalue weighted by Crippen LogP contribution is -1.92. The summed E-state index contributed by atoms with van der Waals surface area (Å²) in [6.45, 7) is 2.16. The molecule has 2 nitrogen and oxygen atoms in total. The van der Waals surface area contributed by atoms with Crippen LogP contribution in [-0.4, -0.2) is 12.1 Å². The van der Waals surface area contributed by atoms with Gasteiger partial charge in [0.2, 0.25) is 0 Å². The number of rotatable bonds is 3. The molecule has 0 bridgehead atoms. The van der Waals surface area contributed by atoms with E-state index in [-0.39, 0.29) is 17.0 Å². The van der Waals surface area contributed by atoms with E-state index in [4.69, 9.17) is 4.74 Å². The van der Waals surface area contributed by atoms with Crippen LogP contribution in [0, 0.1) is 0 Å². The van der Waals surface area contributed by atoms with E-state index in [2.05, 4.69) is 33.9 Å². The number of fused-ring (bicyclic) bond motifs is 1. The molecule has 17 heavy (non-hydrogen) atoms. The summed E-state index contributed by atoms with van der Waals surface area (Å²) in [5.41, 5.74) is 2.10. The summed E-state index contributed by atoms with van der Waals surface area (Å²) in [5, 5.41) is 1.13. The van der Waals surface area contributed by atoms with Crippen LogP contribution in [0.2, 0.25) is 0 Å². The van der Waals surface area contributed by atoms with Gasteiger partial charge in [-0.3, -0.25) is 4.98 Å². The largest absolute Gasteiger partial charge is 0.497 e. The van der Waals surface area contributed by atoms with Crippen LogP contribution in [0.4, 0.5) is 0 Å². The normalized spacial score (nSPS) is 10.1. The molecule has 4 heteroatoms. The number of benzene rings is 1. The van der Waals surface area contributed by atoms with Crippen molar-refractivity contribution in [3.05, 3.63) is 34.4 Å². The fourth-order valence-electron chi connectivity index (χ4n) is 1.73. The number of halogens is 2. The summed E-state index contributed by atoms with van der Waals surface area (Å²) in [5.74, 6) is 0.848. The second-order valence-electron chi connectivity index (χ2n) is 3.73. The van der Waals surface area contributed by atoms with Gasteiger partial charge >= 0.3 is 0 Å². The number of ether oxygens (including phenoxy) is 1. The Hall–Kier alpha value is -0.610. The van der Waals surface area contributed by atoms with Gasteiger partial charge in [0.15, 0.2) is 0 Å². The predicted octanol–water partition coefficient (Wildman–Crippen LogP) is 4.54. The second kappa shape index (κ2) is 6.36. The number of pyridine rings is 1. The fraction of sp³-hybridized carbons (Fsp3) is 0.308. The van der Waals surface area contributed by atoms with Crippen molar-refractivity contribution in [2.24, 2.45) is 0 Å². The molecule has 1 heterocycles. The molecule has 0 saturated carbocycles. The number of hydrogen-bond donors (Lipinski definition) is 0. The third kappa shape index (κ3) is 3.19. The highest BCUT2D eigenvalue weighted by Gasteiger charge is 2.04. The second-order valence-corrected chi connectivity index (χ2v) is 4.58. The summed E-state index contributed by atoms with van der Waals surface area (Å²) in [4.78, 5) is 4.62. The Morgan fingerprint density at radius 3 is 2.71 bits per heavy atom. The number of aromatic nitrogens is 1. The van der Waals surface area contributed by atoms with Crippen molar-refractivity contribution in [1.29, 1.82) is 0 Å². The zero-order chi connectivity index (χ0) is 11.5. The van der Waals surface area contributed by atoms with Crippen LogP contribution in [0.5, 0.6) is 5.75 Å². The van der Waals surface area contributed by atoms with E-state index in [1.165, 1.54) is 0 Å². The van der Waals surface area contributed by atoms with Gasteiger partial charge in [-0.15, -0.1) is 17.0 Å². The molecule has 92 valence electrons. The fourth-order valence-corrected chi connectivity index (χ4v) is 2.33. The SMILES string of the molecule is Br.CCCc1cc(Br)c2ccc(OC)cc2n1. The van der Waals surface area contributed by atoms with Gasteiger partial charge < -0.3 is 4.74 Å². The maximum atomic E-state index is 5.21. The first-order chi connectivity index (χ1) is 7.74. The van der Waals surface area contributed by atoms with E-state index in [9.17, 15) is 0 Å². The molecule has 0 aliphatic rings. The smallest absolute Gasteiger partial charge is 0.121 e. The molecule has 2 aromatic rings. The van der Waals surface area contributed by atoms with E-state index < -0.39 is 0 Å². The Morgan fingerprint density at radius 2 is 2.06 bits per heavy atom. The van der Waals surface area contributed by atoms with Crippen molar-refractivity contribution < 1.29 is 4.74 Å². The highest BCUT2D eigenvalue weighted by atomic mass is 79.9. The van der Waals surface area contributed by atoms with E-state index in [1.807, 2.05) is 18.2 Å². The lowest BCUT2D eigenvalue weighted by Gasteiger charge is -2.06. The minimum Gasteiger partial charge on any atom is -0.497 e. The quantitative estimate of drug-likeness (QED) is 0.801. The van der Waals surface area contributed by atoms with Gasteiger partial charge in [0.25, 0.3) is 0 Å². The number of methoxy groups -OCH3 is 1. The molecule has 2 rings (SSSR count). The van der Waals surface area contributed by atoms with E-state index in [0.29, 0.717) is 0 Å². The maximum Gasteiger partial charge on any atom is 0.121 e. The number of nitrogens with zero attached hydrogens (tertiary/aromatic N) is 1. The molecule has 0 N–H and O–H groups in total. The molecule has 0 spiro atoms. The Labute approximate surface area is 120 Å². The standard InChI is InChI=1S/C13H14BrNO.BrH/c1-3-4-9-7-12(14)11-6-5-10(16-2)8-13(11)15-9;/h5-8H,3-4H2,1-2H3;1H. The summed E-state index contributed by atoms with van der Waals surface area (Å²) in [7, 11) is 1.67. The van der Waals surface area contributed by atoms with Gasteiger partial charge in [-0.25, -0.2) is 0 Å². The maximum absolute atomic E-state index is 5.21. The van der Waals surface area contributed by atoms with Gasteiger partial charge in [-0.1, -0.05) is 29.3 Å². The molecule has 0 aliphatic heterocycles. The monoisotopic (exact) mass is 359 g/mol. The average Bonchev–Trinajstić information content (AvgIpc) is 2.28. The van der Waals surface area contributed by atoms with E-state index >= 15 is 0 Å². The Morgan fingerprint density at radius 1 is 1.29 bits per heavy atom. The lowest BCUT2D eigenvalue weighted by atomic mass is 10.1. The van der Waals surface area contributed by atoms with Crippen molar-refractivity contribution >= 4 is 43.8 Å². The predicted molar refractivity (Wildman–Crippen MR) is 80.3 cm³/mol. The Bertz CT molecular complexity index is 514. The highest BCUT2D eigenvalue weighted by Crippen LogP contribution is 2.27. The third-order valence-electron chi connectivity index (χ3n) is 2.53. The van der Waals surface area contributed by atoms with Crippen molar-refractivity contribution in [2.75, 3.05) is 7.11 Å². The van der Waals surface area contributed by atoms with Gasteiger partial charge in [0.05, 0.1) is 12.6 Å². The van der Waals surface area contributed by atoms with Gasteiger partial charge in [-0.05, 0) is 24.6 Å². The van der Waals surface area contributed by atoms with Crippen molar-refractivity contribution in [3.8, 4) is 5.75 Å². The topological polar surface area (TPSA) is 22.1 Å². The molecule has 0 radical (unpaired) electrons. The molecule has 1 aromatic carbocycles. The van der Waals surface area contributed by atoms with Crippen LogP contribution in [0.25, 0.3) is 10.9 Å². The highest BCUT2D eigenvalue weighted by molar-refractivity contribution is 9.10. The average molecular weight is 361 g/mol. The summed E-state index contributed by atoms with van der Waals surface area (Å²) >= 11 is 3.58. The van der Waals surface area contributed by atoms with Gasteiger partial charge in [0, 0.05) is 21.6 Å². The zero-order valence-electron chi connectivity index (χ0n) is 9.87. The van der Waals surface area contributed by atoms with Crippen LogP contribution in [0.15, 0.2) is 28.7 Å².